The Hall–Kier alpha value is -2.82. The molecule has 0 atom stereocenters. The van der Waals surface area contributed by atoms with Gasteiger partial charge in [0.15, 0.2) is 0 Å². The Morgan fingerprint density at radius 1 is 1.06 bits per heavy atom. The van der Waals surface area contributed by atoms with E-state index in [-0.39, 0.29) is 6.10 Å². The molecule has 0 saturated heterocycles. The van der Waals surface area contributed by atoms with Crippen molar-refractivity contribution in [3.63, 3.8) is 0 Å². The second kappa shape index (κ2) is 16.8. The Labute approximate surface area is 202 Å². The highest BCUT2D eigenvalue weighted by molar-refractivity contribution is 5.97. The fraction of sp³-hybridized carbons (Fsp3) is 0.500. The average molecular weight is 456 g/mol. The average Bonchev–Trinajstić information content (AvgIpc) is 2.75. The number of allylic oxidation sites excluding steroid dienone is 9. The minimum atomic E-state index is 0.0199. The molecule has 0 fully saturated rings. The van der Waals surface area contributed by atoms with Crippen LogP contribution in [0.1, 0.15) is 81.6 Å². The van der Waals surface area contributed by atoms with Gasteiger partial charge in [0.25, 0.3) is 0 Å². The Balaban J connectivity index is 6.10. The van der Waals surface area contributed by atoms with Crippen LogP contribution < -0.4 is 5.32 Å². The summed E-state index contributed by atoms with van der Waals surface area (Å²) in [5.74, 6) is 2.02. The zero-order valence-electron chi connectivity index (χ0n) is 22.4. The molecule has 0 bridgehead atoms. The minimum Gasteiger partial charge on any atom is -0.497 e. The molecule has 0 aromatic carbocycles. The first-order chi connectivity index (χ1) is 15.6. The van der Waals surface area contributed by atoms with Crippen LogP contribution in [0.2, 0.25) is 0 Å². The number of methoxy groups -OCH3 is 1. The third-order valence-corrected chi connectivity index (χ3v) is 4.77. The van der Waals surface area contributed by atoms with E-state index in [4.69, 9.17) is 14.9 Å². The smallest absolute Gasteiger partial charge is 0.215 e. The van der Waals surface area contributed by atoms with Gasteiger partial charge >= 0.3 is 0 Å². The Kier molecular flexibility index (Phi) is 15.3. The Morgan fingerprint density at radius 2 is 1.73 bits per heavy atom. The predicted molar refractivity (Wildman–Crippen MR) is 144 cm³/mol. The maximum Gasteiger partial charge on any atom is 0.215 e. The van der Waals surface area contributed by atoms with Crippen LogP contribution in [0.25, 0.3) is 0 Å². The summed E-state index contributed by atoms with van der Waals surface area (Å²) in [7, 11) is 1.68. The van der Waals surface area contributed by atoms with Crippen LogP contribution in [0.5, 0.6) is 0 Å². The molecule has 0 rings (SSSR count). The zero-order chi connectivity index (χ0) is 25.4. The number of aliphatic imine (C=N–C) groups is 1. The van der Waals surface area contributed by atoms with Gasteiger partial charge < -0.3 is 20.2 Å². The molecular weight excluding hydrogens is 410 g/mol. The largest absolute Gasteiger partial charge is 0.497 e. The SMILES string of the molecule is C\C=C(/N=C(\C=C\CCC)OC(C)C)N\C(C(C)=N)=C(C)/C(C)=C/C=C(OC)\C(C)=C\CC. The molecule has 0 amide bonds. The van der Waals surface area contributed by atoms with Gasteiger partial charge in [0.1, 0.15) is 11.6 Å². The summed E-state index contributed by atoms with van der Waals surface area (Å²) in [4.78, 5) is 4.67. The van der Waals surface area contributed by atoms with Gasteiger partial charge in [-0.3, -0.25) is 0 Å². The van der Waals surface area contributed by atoms with Gasteiger partial charge in [-0.05, 0) is 96.3 Å². The highest BCUT2D eigenvalue weighted by atomic mass is 16.5. The van der Waals surface area contributed by atoms with Crippen molar-refractivity contribution in [3.05, 3.63) is 70.5 Å². The van der Waals surface area contributed by atoms with Gasteiger partial charge in [-0.15, -0.1) is 0 Å². The normalized spacial score (nSPS) is 15.2. The van der Waals surface area contributed by atoms with Crippen molar-refractivity contribution in [1.82, 2.24) is 5.32 Å². The number of nitrogens with one attached hydrogen (secondary N) is 2. The molecule has 33 heavy (non-hydrogen) atoms. The number of nitrogens with zero attached hydrogens (tertiary/aromatic N) is 1. The lowest BCUT2D eigenvalue weighted by Crippen LogP contribution is -2.21. The molecule has 0 aliphatic rings. The van der Waals surface area contributed by atoms with Gasteiger partial charge in [-0.2, -0.15) is 4.99 Å². The van der Waals surface area contributed by atoms with Gasteiger partial charge in [0.05, 0.1) is 24.6 Å². The highest BCUT2D eigenvalue weighted by Gasteiger charge is 2.10. The second-order valence-corrected chi connectivity index (χ2v) is 8.11. The van der Waals surface area contributed by atoms with E-state index in [0.717, 1.165) is 47.4 Å². The standard InChI is InChI=1S/C28H45N3O2/c1-11-14-15-17-27(33-20(4)5)30-26(13-3)31-28(24(9)29)23(8)21(6)18-19-25(32-10)22(7)16-12-2/h13,15-20,29,31H,11-12,14H2,1-10H3/b17-15+,21-18+,22-16+,25-19+,26-13+,28-23-,29-24?,30-27+. The third kappa shape index (κ3) is 12.1. The van der Waals surface area contributed by atoms with Gasteiger partial charge in [0, 0.05) is 0 Å². The maximum absolute atomic E-state index is 8.33. The topological polar surface area (TPSA) is 66.7 Å². The molecule has 0 aliphatic heterocycles. The van der Waals surface area contributed by atoms with Crippen molar-refractivity contribution in [2.75, 3.05) is 7.11 Å². The number of hydrogen-bond acceptors (Lipinski definition) is 5. The van der Waals surface area contributed by atoms with E-state index in [0.29, 0.717) is 17.4 Å². The van der Waals surface area contributed by atoms with Gasteiger partial charge in [-0.25, -0.2) is 0 Å². The summed E-state index contributed by atoms with van der Waals surface area (Å²) in [6.45, 7) is 18.0. The van der Waals surface area contributed by atoms with Crippen LogP contribution in [0, 0.1) is 5.41 Å². The maximum atomic E-state index is 8.33. The molecule has 184 valence electrons. The van der Waals surface area contributed by atoms with Crippen molar-refractivity contribution < 1.29 is 9.47 Å². The molecule has 5 nitrogen and oxygen atoms in total. The summed E-state index contributed by atoms with van der Waals surface area (Å²) in [5, 5.41) is 11.7. The van der Waals surface area contributed by atoms with Crippen LogP contribution in [-0.2, 0) is 9.47 Å². The molecule has 0 aliphatic carbocycles. The molecule has 0 saturated carbocycles. The van der Waals surface area contributed by atoms with E-state index in [2.05, 4.69) is 36.3 Å². The zero-order valence-corrected chi connectivity index (χ0v) is 22.4. The predicted octanol–water partition coefficient (Wildman–Crippen LogP) is 7.76. The molecule has 5 heteroatoms. The minimum absolute atomic E-state index is 0.0199. The Morgan fingerprint density at radius 3 is 2.21 bits per heavy atom. The van der Waals surface area contributed by atoms with Crippen LogP contribution in [-0.4, -0.2) is 24.8 Å². The molecular formula is C28H45N3O2. The first kappa shape index (κ1) is 30.2. The van der Waals surface area contributed by atoms with Crippen molar-refractivity contribution in [1.29, 1.82) is 5.41 Å². The molecule has 0 unspecified atom stereocenters. The fourth-order valence-electron chi connectivity index (χ4n) is 2.87. The molecule has 0 aromatic heterocycles. The van der Waals surface area contributed by atoms with E-state index in [1.807, 2.05) is 65.8 Å². The summed E-state index contributed by atoms with van der Waals surface area (Å²) in [5.41, 5.74) is 4.25. The third-order valence-electron chi connectivity index (χ3n) is 4.77. The van der Waals surface area contributed by atoms with Crippen LogP contribution in [0.3, 0.4) is 0 Å². The summed E-state index contributed by atoms with van der Waals surface area (Å²) in [6.07, 6.45) is 15.0. The highest BCUT2D eigenvalue weighted by Crippen LogP contribution is 2.18. The lowest BCUT2D eigenvalue weighted by atomic mass is 10.0. The van der Waals surface area contributed by atoms with Crippen molar-refractivity contribution in [3.8, 4) is 0 Å². The van der Waals surface area contributed by atoms with E-state index >= 15 is 0 Å². The lowest BCUT2D eigenvalue weighted by molar-refractivity contribution is 0.230. The lowest BCUT2D eigenvalue weighted by Gasteiger charge is -2.16. The first-order valence-corrected chi connectivity index (χ1v) is 11.8. The van der Waals surface area contributed by atoms with Crippen LogP contribution in [0.4, 0.5) is 0 Å². The Bertz CT molecular complexity index is 850. The number of unbranched alkanes of at least 4 members (excludes halogenated alkanes) is 1. The number of hydrogen-bond donors (Lipinski definition) is 2. The molecule has 0 heterocycles. The van der Waals surface area contributed by atoms with E-state index in [1.165, 1.54) is 0 Å². The van der Waals surface area contributed by atoms with Crippen molar-refractivity contribution in [2.24, 2.45) is 4.99 Å². The number of ether oxygens (including phenoxy) is 2. The first-order valence-electron chi connectivity index (χ1n) is 11.8. The van der Waals surface area contributed by atoms with Crippen molar-refractivity contribution in [2.45, 2.75) is 87.7 Å². The second-order valence-electron chi connectivity index (χ2n) is 8.11. The van der Waals surface area contributed by atoms with Gasteiger partial charge in [-0.1, -0.05) is 38.5 Å². The van der Waals surface area contributed by atoms with Gasteiger partial charge in [0.2, 0.25) is 5.90 Å². The number of rotatable bonds is 13. The summed E-state index contributed by atoms with van der Waals surface area (Å²) < 4.78 is 11.4. The molecule has 0 radical (unpaired) electrons. The van der Waals surface area contributed by atoms with E-state index in [1.54, 1.807) is 14.0 Å². The molecule has 0 spiro atoms. The van der Waals surface area contributed by atoms with Crippen LogP contribution in [0.15, 0.2) is 75.4 Å². The summed E-state index contributed by atoms with van der Waals surface area (Å²) in [6, 6.07) is 0. The quantitative estimate of drug-likeness (QED) is 0.129. The van der Waals surface area contributed by atoms with Crippen LogP contribution >= 0.6 is 0 Å². The van der Waals surface area contributed by atoms with Crippen molar-refractivity contribution >= 4 is 11.6 Å². The molecule has 2 N–H and O–H groups in total. The van der Waals surface area contributed by atoms with E-state index in [9.17, 15) is 0 Å². The monoisotopic (exact) mass is 455 g/mol. The molecule has 0 aromatic rings. The fourth-order valence-corrected chi connectivity index (χ4v) is 2.87. The van der Waals surface area contributed by atoms with E-state index < -0.39 is 0 Å². The summed E-state index contributed by atoms with van der Waals surface area (Å²) >= 11 is 0.